The van der Waals surface area contributed by atoms with E-state index >= 15 is 0 Å². The summed E-state index contributed by atoms with van der Waals surface area (Å²) >= 11 is 1.67. The van der Waals surface area contributed by atoms with Gasteiger partial charge in [0.2, 0.25) is 0 Å². The molecule has 1 unspecified atom stereocenters. The molecule has 0 aliphatic carbocycles. The Morgan fingerprint density at radius 1 is 1.50 bits per heavy atom. The topological polar surface area (TPSA) is 46.6 Å². The van der Waals surface area contributed by atoms with Crippen LogP contribution in [0.1, 0.15) is 26.0 Å². The van der Waals surface area contributed by atoms with E-state index in [2.05, 4.69) is 46.8 Å². The zero-order chi connectivity index (χ0) is 13.1. The molecule has 1 atom stereocenters. The summed E-state index contributed by atoms with van der Waals surface area (Å²) in [6.07, 6.45) is 5.19. The zero-order valence-electron chi connectivity index (χ0n) is 11.3. The molecule has 0 saturated carbocycles. The lowest BCUT2D eigenvalue weighted by molar-refractivity contribution is 0.294. The maximum absolute atomic E-state index is 6.06. The molecule has 2 rings (SSSR count). The summed E-state index contributed by atoms with van der Waals surface area (Å²) in [6, 6.07) is 0.290. The fourth-order valence-electron chi connectivity index (χ4n) is 1.91. The Hall–Kier alpha value is -0.910. The van der Waals surface area contributed by atoms with E-state index in [1.807, 2.05) is 6.20 Å². The van der Waals surface area contributed by atoms with Gasteiger partial charge in [0.1, 0.15) is 0 Å². The van der Waals surface area contributed by atoms with Gasteiger partial charge in [-0.15, -0.1) is 11.3 Å². The Morgan fingerprint density at radius 3 is 2.94 bits per heavy atom. The van der Waals surface area contributed by atoms with E-state index in [4.69, 9.17) is 5.73 Å². The van der Waals surface area contributed by atoms with Crippen LogP contribution in [0.2, 0.25) is 0 Å². The van der Waals surface area contributed by atoms with Crippen molar-refractivity contribution in [2.45, 2.75) is 32.9 Å². The van der Waals surface area contributed by atoms with Crippen molar-refractivity contribution in [2.24, 2.45) is 11.7 Å². The lowest BCUT2D eigenvalue weighted by Crippen LogP contribution is -2.31. The highest BCUT2D eigenvalue weighted by atomic mass is 32.1. The Balaban J connectivity index is 1.84. The van der Waals surface area contributed by atoms with Crippen molar-refractivity contribution in [3.05, 3.63) is 23.5 Å². The van der Waals surface area contributed by atoms with Gasteiger partial charge in [-0.25, -0.2) is 4.98 Å². The van der Waals surface area contributed by atoms with Gasteiger partial charge in [-0.1, -0.05) is 13.8 Å². The van der Waals surface area contributed by atoms with E-state index in [1.165, 1.54) is 0 Å². The average Bonchev–Trinajstić information content (AvgIpc) is 2.85. The molecule has 0 radical (unpaired) electrons. The van der Waals surface area contributed by atoms with Crippen molar-refractivity contribution >= 4 is 16.3 Å². The van der Waals surface area contributed by atoms with Gasteiger partial charge >= 0.3 is 0 Å². The van der Waals surface area contributed by atoms with Crippen LogP contribution in [0, 0.1) is 5.92 Å². The first kappa shape index (κ1) is 13.5. The fraction of sp³-hybridized carbons (Fsp3) is 0.615. The fourth-order valence-corrected chi connectivity index (χ4v) is 2.63. The minimum Gasteiger partial charge on any atom is -0.327 e. The molecular weight excluding hydrogens is 244 g/mol. The number of fused-ring (bicyclic) bond motifs is 1. The second-order valence-corrected chi connectivity index (χ2v) is 6.13. The standard InChI is InChI=1S/C13H22N4S/c1-10(2)12(14)4-5-16(3)8-11-9-17-6-7-18-13(17)15-11/h6-7,9-10,12H,4-5,8,14H2,1-3H3. The number of nitrogens with zero attached hydrogens (tertiary/aromatic N) is 3. The highest BCUT2D eigenvalue weighted by Gasteiger charge is 2.10. The van der Waals surface area contributed by atoms with E-state index < -0.39 is 0 Å². The molecule has 0 bridgehead atoms. The number of imidazole rings is 1. The average molecular weight is 266 g/mol. The second-order valence-electron chi connectivity index (χ2n) is 5.26. The monoisotopic (exact) mass is 266 g/mol. The predicted molar refractivity (Wildman–Crippen MR) is 76.8 cm³/mol. The zero-order valence-corrected chi connectivity index (χ0v) is 12.2. The van der Waals surface area contributed by atoms with Gasteiger partial charge in [0.25, 0.3) is 0 Å². The van der Waals surface area contributed by atoms with Crippen LogP contribution in [0.15, 0.2) is 17.8 Å². The first-order chi connectivity index (χ1) is 8.56. The summed E-state index contributed by atoms with van der Waals surface area (Å²) in [4.78, 5) is 7.94. The van der Waals surface area contributed by atoms with Gasteiger partial charge in [-0.2, -0.15) is 0 Å². The summed E-state index contributed by atoms with van der Waals surface area (Å²) in [5.74, 6) is 0.552. The number of hydrogen-bond acceptors (Lipinski definition) is 4. The third kappa shape index (κ3) is 3.31. The first-order valence-corrected chi connectivity index (χ1v) is 7.29. The van der Waals surface area contributed by atoms with Crippen molar-refractivity contribution in [1.29, 1.82) is 0 Å². The van der Waals surface area contributed by atoms with Crippen molar-refractivity contribution in [3.8, 4) is 0 Å². The second kappa shape index (κ2) is 5.82. The molecule has 0 spiro atoms. The minimum atomic E-state index is 0.290. The molecule has 0 aromatic carbocycles. The SMILES string of the molecule is CC(C)C(N)CCN(C)Cc1cn2ccsc2n1. The Bertz CT molecular complexity index is 459. The molecule has 0 aliphatic heterocycles. The van der Waals surface area contributed by atoms with E-state index in [0.29, 0.717) is 5.92 Å². The van der Waals surface area contributed by atoms with Crippen LogP contribution in [-0.4, -0.2) is 33.9 Å². The van der Waals surface area contributed by atoms with Crippen LogP contribution in [0.4, 0.5) is 0 Å². The normalized spacial score (nSPS) is 13.9. The van der Waals surface area contributed by atoms with E-state index in [9.17, 15) is 0 Å². The largest absolute Gasteiger partial charge is 0.327 e. The van der Waals surface area contributed by atoms with Crippen molar-refractivity contribution < 1.29 is 0 Å². The Labute approximate surface area is 112 Å². The van der Waals surface area contributed by atoms with Crippen LogP contribution < -0.4 is 5.73 Å². The highest BCUT2D eigenvalue weighted by Crippen LogP contribution is 2.13. The Kier molecular flexibility index (Phi) is 4.37. The Morgan fingerprint density at radius 2 is 2.28 bits per heavy atom. The van der Waals surface area contributed by atoms with Crippen LogP contribution in [0.3, 0.4) is 0 Å². The molecule has 2 aromatic heterocycles. The molecule has 2 heterocycles. The molecule has 18 heavy (non-hydrogen) atoms. The third-order valence-electron chi connectivity index (χ3n) is 3.28. The summed E-state index contributed by atoms with van der Waals surface area (Å²) in [5, 5.41) is 2.05. The van der Waals surface area contributed by atoms with Crippen molar-refractivity contribution in [3.63, 3.8) is 0 Å². The van der Waals surface area contributed by atoms with Gasteiger partial charge in [-0.3, -0.25) is 4.40 Å². The molecule has 2 N–H and O–H groups in total. The lowest BCUT2D eigenvalue weighted by atomic mass is 10.0. The maximum atomic E-state index is 6.06. The third-order valence-corrected chi connectivity index (χ3v) is 4.05. The number of thiazole rings is 1. The summed E-state index contributed by atoms with van der Waals surface area (Å²) < 4.78 is 2.08. The number of rotatable bonds is 6. The quantitative estimate of drug-likeness (QED) is 0.872. The van der Waals surface area contributed by atoms with Crippen molar-refractivity contribution in [1.82, 2.24) is 14.3 Å². The maximum Gasteiger partial charge on any atom is 0.193 e. The van der Waals surface area contributed by atoms with Crippen LogP contribution in [0.5, 0.6) is 0 Å². The summed E-state index contributed by atoms with van der Waals surface area (Å²) in [5.41, 5.74) is 7.19. The van der Waals surface area contributed by atoms with Crippen molar-refractivity contribution in [2.75, 3.05) is 13.6 Å². The molecule has 0 aliphatic rings. The van der Waals surface area contributed by atoms with Gasteiger partial charge in [0, 0.05) is 30.4 Å². The summed E-state index contributed by atoms with van der Waals surface area (Å²) in [7, 11) is 2.13. The van der Waals surface area contributed by atoms with E-state index in [-0.39, 0.29) is 6.04 Å². The van der Waals surface area contributed by atoms with E-state index in [0.717, 1.165) is 30.2 Å². The molecule has 0 amide bonds. The van der Waals surface area contributed by atoms with E-state index in [1.54, 1.807) is 11.3 Å². The number of hydrogen-bond donors (Lipinski definition) is 1. The molecule has 100 valence electrons. The van der Waals surface area contributed by atoms with Gasteiger partial charge in [-0.05, 0) is 25.9 Å². The molecule has 5 heteroatoms. The molecule has 0 fully saturated rings. The lowest BCUT2D eigenvalue weighted by Gasteiger charge is -2.20. The predicted octanol–water partition coefficient (Wildman–Crippen LogP) is 2.20. The molecule has 0 saturated heterocycles. The van der Waals surface area contributed by atoms with Crippen LogP contribution in [0.25, 0.3) is 4.96 Å². The molecule has 2 aromatic rings. The van der Waals surface area contributed by atoms with Gasteiger partial charge in [0.05, 0.1) is 5.69 Å². The highest BCUT2D eigenvalue weighted by molar-refractivity contribution is 7.15. The van der Waals surface area contributed by atoms with Gasteiger partial charge < -0.3 is 10.6 Å². The smallest absolute Gasteiger partial charge is 0.193 e. The van der Waals surface area contributed by atoms with Crippen LogP contribution >= 0.6 is 11.3 Å². The minimum absolute atomic E-state index is 0.290. The van der Waals surface area contributed by atoms with Crippen LogP contribution in [-0.2, 0) is 6.54 Å². The molecular formula is C13H22N4S. The first-order valence-electron chi connectivity index (χ1n) is 6.41. The number of nitrogens with two attached hydrogens (primary N) is 1. The summed E-state index contributed by atoms with van der Waals surface area (Å²) in [6.45, 7) is 6.26. The number of aromatic nitrogens is 2. The van der Waals surface area contributed by atoms with Gasteiger partial charge in [0.15, 0.2) is 4.96 Å². The molecule has 4 nitrogen and oxygen atoms in total.